The maximum absolute atomic E-state index is 11.9. The van der Waals surface area contributed by atoms with Crippen molar-refractivity contribution in [3.8, 4) is 0 Å². The Hall–Kier alpha value is 0.127. The average Bonchev–Trinajstić information content (AvgIpc) is 2.80. The lowest BCUT2D eigenvalue weighted by atomic mass is 10.4. The van der Waals surface area contributed by atoms with Gasteiger partial charge in [-0.25, -0.2) is 8.99 Å². The molecule has 0 aliphatic heterocycles. The van der Waals surface area contributed by atoms with Crippen LogP contribution in [0.5, 0.6) is 0 Å². The van der Waals surface area contributed by atoms with Gasteiger partial charge in [-0.3, -0.25) is 4.39 Å². The Balaban J connectivity index is 2.48. The summed E-state index contributed by atoms with van der Waals surface area (Å²) in [5.74, 6) is 0. The highest BCUT2D eigenvalue weighted by Gasteiger charge is 2.36. The molecule has 0 spiro atoms. The van der Waals surface area contributed by atoms with Crippen LogP contribution in [-0.4, -0.2) is 17.7 Å². The van der Waals surface area contributed by atoms with E-state index in [9.17, 15) is 4.21 Å². The molecule has 0 aromatic heterocycles. The minimum Gasteiger partial charge on any atom is -0.253 e. The molecule has 1 saturated carbocycles. The molecule has 0 heterocycles. The van der Waals surface area contributed by atoms with Crippen LogP contribution >= 0.6 is 0 Å². The van der Waals surface area contributed by atoms with Gasteiger partial charge in [0.25, 0.3) is 0 Å². The third kappa shape index (κ3) is 3.71. The highest BCUT2D eigenvalue weighted by Crippen LogP contribution is 2.29. The fourth-order valence-electron chi connectivity index (χ4n) is 1.56. The molecule has 0 amide bonds. The van der Waals surface area contributed by atoms with E-state index < -0.39 is 18.2 Å². The topological polar surface area (TPSA) is 53.0 Å². The van der Waals surface area contributed by atoms with Crippen molar-refractivity contribution < 1.29 is 4.21 Å². The summed E-state index contributed by atoms with van der Waals surface area (Å²) >= 11 is 0. The van der Waals surface area contributed by atoms with Crippen LogP contribution in [0.1, 0.15) is 32.6 Å². The molecule has 0 bridgehead atoms. The minimum absolute atomic E-state index is 0.149. The van der Waals surface area contributed by atoms with Gasteiger partial charge in [-0.15, -0.1) is 0 Å². The lowest BCUT2D eigenvalue weighted by molar-refractivity contribution is 0.671. The van der Waals surface area contributed by atoms with E-state index in [0.29, 0.717) is 0 Å². The molecular weight excluding hydrogens is 212 g/mol. The van der Waals surface area contributed by atoms with Crippen molar-refractivity contribution in [3.05, 3.63) is 0 Å². The number of nitrogens with one attached hydrogen (secondary N) is 2. The van der Waals surface area contributed by atoms with Crippen molar-refractivity contribution in [1.29, 1.82) is 4.78 Å². The summed E-state index contributed by atoms with van der Waals surface area (Å²) in [6.45, 7) is 6.53. The van der Waals surface area contributed by atoms with Crippen LogP contribution in [0.2, 0.25) is 19.1 Å². The number of rotatable bonds is 6. The van der Waals surface area contributed by atoms with Crippen molar-refractivity contribution in [2.24, 2.45) is 0 Å². The molecule has 2 N–H and O–H groups in total. The molecule has 1 unspecified atom stereocenters. The van der Waals surface area contributed by atoms with Crippen molar-refractivity contribution in [2.75, 3.05) is 0 Å². The summed E-state index contributed by atoms with van der Waals surface area (Å²) in [6.07, 6.45) is 4.33. The van der Waals surface area contributed by atoms with Crippen LogP contribution in [0, 0.1) is 4.78 Å². The van der Waals surface area contributed by atoms with E-state index in [4.69, 9.17) is 4.78 Å². The van der Waals surface area contributed by atoms with Crippen molar-refractivity contribution in [2.45, 2.75) is 57.0 Å². The van der Waals surface area contributed by atoms with Crippen LogP contribution in [0.4, 0.5) is 0 Å². The molecule has 1 fully saturated rings. The maximum Gasteiger partial charge on any atom is 0.134 e. The molecule has 1 aliphatic carbocycles. The number of hydrogen-bond acceptors (Lipinski definition) is 2. The SMILES string of the molecule is CCCC[Si](C)(C)NS(=N)(=O)C1CC1. The molecule has 84 valence electrons. The Morgan fingerprint density at radius 3 is 2.50 bits per heavy atom. The molecule has 1 atom stereocenters. The second kappa shape index (κ2) is 4.33. The minimum atomic E-state index is -2.46. The van der Waals surface area contributed by atoms with E-state index in [-0.39, 0.29) is 5.25 Å². The summed E-state index contributed by atoms with van der Waals surface area (Å²) < 4.78 is 22.9. The van der Waals surface area contributed by atoms with Gasteiger partial charge in [-0.1, -0.05) is 32.9 Å². The highest BCUT2D eigenvalue weighted by atomic mass is 32.2. The molecule has 1 aliphatic rings. The molecule has 0 aromatic rings. The molecule has 1 rings (SSSR count). The third-order valence-corrected chi connectivity index (χ3v) is 9.01. The van der Waals surface area contributed by atoms with Gasteiger partial charge in [0, 0.05) is 0 Å². The van der Waals surface area contributed by atoms with Crippen LogP contribution in [0.25, 0.3) is 0 Å². The van der Waals surface area contributed by atoms with Gasteiger partial charge in [0.2, 0.25) is 0 Å². The lowest BCUT2D eigenvalue weighted by Gasteiger charge is -2.24. The first-order valence-corrected chi connectivity index (χ1v) is 10.3. The van der Waals surface area contributed by atoms with E-state index in [0.717, 1.165) is 18.9 Å². The Morgan fingerprint density at radius 1 is 1.50 bits per heavy atom. The first-order chi connectivity index (χ1) is 6.37. The van der Waals surface area contributed by atoms with Gasteiger partial charge in [-0.05, 0) is 18.9 Å². The van der Waals surface area contributed by atoms with Crippen LogP contribution in [-0.2, 0) is 9.92 Å². The second-order valence-corrected chi connectivity index (χ2v) is 11.8. The zero-order valence-electron chi connectivity index (χ0n) is 9.43. The first-order valence-electron chi connectivity index (χ1n) is 5.44. The standard InChI is InChI=1S/C9H22N2OSSi/c1-4-5-8-14(2,3)11-13(10,12)9-6-7-9/h9H,4-8H2,1-3H3,(H2,10,11,12). The van der Waals surface area contributed by atoms with Crippen LogP contribution in [0.3, 0.4) is 0 Å². The monoisotopic (exact) mass is 234 g/mol. The number of unbranched alkanes of at least 4 members (excludes halogenated alkanes) is 1. The van der Waals surface area contributed by atoms with Crippen LogP contribution in [0.15, 0.2) is 0 Å². The normalized spacial score (nSPS) is 21.9. The van der Waals surface area contributed by atoms with Crippen LogP contribution < -0.4 is 4.39 Å². The van der Waals surface area contributed by atoms with E-state index >= 15 is 0 Å². The second-order valence-electron chi connectivity index (χ2n) is 4.89. The van der Waals surface area contributed by atoms with E-state index in [1.165, 1.54) is 12.8 Å². The Labute approximate surface area is 88.9 Å². The summed E-state index contributed by atoms with van der Waals surface area (Å²) in [5, 5.41) is 0.149. The van der Waals surface area contributed by atoms with Gasteiger partial charge >= 0.3 is 0 Å². The summed E-state index contributed by atoms with van der Waals surface area (Å²) in [7, 11) is -4.06. The third-order valence-electron chi connectivity index (χ3n) is 2.58. The largest absolute Gasteiger partial charge is 0.253 e. The predicted octanol–water partition coefficient (Wildman–Crippen LogP) is 2.71. The smallest absolute Gasteiger partial charge is 0.134 e. The Kier molecular flexibility index (Phi) is 3.77. The van der Waals surface area contributed by atoms with Crippen molar-refractivity contribution in [3.63, 3.8) is 0 Å². The number of hydrogen-bond donors (Lipinski definition) is 2. The summed E-state index contributed by atoms with van der Waals surface area (Å²) in [4.78, 5) is 0. The highest BCUT2D eigenvalue weighted by molar-refractivity contribution is 7.92. The van der Waals surface area contributed by atoms with Gasteiger partial charge in [0.15, 0.2) is 0 Å². The molecular formula is C9H22N2OSSi. The van der Waals surface area contributed by atoms with E-state index in [1.54, 1.807) is 0 Å². The fourth-order valence-corrected chi connectivity index (χ4v) is 7.96. The maximum atomic E-state index is 11.9. The lowest BCUT2D eigenvalue weighted by Crippen LogP contribution is -2.48. The average molecular weight is 234 g/mol. The molecule has 3 nitrogen and oxygen atoms in total. The quantitative estimate of drug-likeness (QED) is 0.682. The van der Waals surface area contributed by atoms with Gasteiger partial charge in [0.05, 0.1) is 5.25 Å². The van der Waals surface area contributed by atoms with E-state index in [1.807, 2.05) is 0 Å². The fraction of sp³-hybridized carbons (Fsp3) is 1.00. The molecule has 5 heteroatoms. The molecule has 14 heavy (non-hydrogen) atoms. The predicted molar refractivity (Wildman–Crippen MR) is 64.2 cm³/mol. The summed E-state index contributed by atoms with van der Waals surface area (Å²) in [5.41, 5.74) is 0. The van der Waals surface area contributed by atoms with Crippen molar-refractivity contribution >= 4 is 18.2 Å². The molecule has 0 saturated heterocycles. The summed E-state index contributed by atoms with van der Waals surface area (Å²) in [6, 6.07) is 1.13. The molecule has 0 aromatic carbocycles. The zero-order chi connectivity index (χ0) is 10.8. The Morgan fingerprint density at radius 2 is 2.07 bits per heavy atom. The van der Waals surface area contributed by atoms with Gasteiger partial charge in [0.1, 0.15) is 18.2 Å². The van der Waals surface area contributed by atoms with Gasteiger partial charge < -0.3 is 0 Å². The molecule has 0 radical (unpaired) electrons. The van der Waals surface area contributed by atoms with Crippen molar-refractivity contribution in [1.82, 2.24) is 4.39 Å². The van der Waals surface area contributed by atoms with Gasteiger partial charge in [-0.2, -0.15) is 0 Å². The van der Waals surface area contributed by atoms with E-state index in [2.05, 4.69) is 24.4 Å². The Bertz CT molecular complexity index is 283. The first kappa shape index (κ1) is 12.2. The zero-order valence-corrected chi connectivity index (χ0v) is 11.2.